The summed E-state index contributed by atoms with van der Waals surface area (Å²) in [4.78, 5) is 65.5. The second-order valence-electron chi connectivity index (χ2n) is 20.5. The van der Waals surface area contributed by atoms with E-state index in [0.29, 0.717) is 72.1 Å². The van der Waals surface area contributed by atoms with Crippen LogP contribution in [0, 0.1) is 10.7 Å². The zero-order valence-electron chi connectivity index (χ0n) is 41.7. The van der Waals surface area contributed by atoms with Gasteiger partial charge in [0.25, 0.3) is 0 Å². The molecule has 2 fully saturated rings. The molecule has 23 heteroatoms. The first-order valence-corrected chi connectivity index (χ1v) is 24.4. The number of carbonyl (C=O) groups is 4. The van der Waals surface area contributed by atoms with Gasteiger partial charge in [-0.1, -0.05) is 30.0 Å². The van der Waals surface area contributed by atoms with E-state index in [-0.39, 0.29) is 12.1 Å². The number of ether oxygens (including phenoxy) is 4. The quantitative estimate of drug-likeness (QED) is 0.0611. The summed E-state index contributed by atoms with van der Waals surface area (Å²) in [5.74, 6) is 2.06. The van der Waals surface area contributed by atoms with Gasteiger partial charge in [0.05, 0.1) is 34.3 Å². The van der Waals surface area contributed by atoms with Crippen molar-refractivity contribution in [2.75, 3.05) is 46.6 Å². The maximum absolute atomic E-state index is 12.6. The van der Waals surface area contributed by atoms with Gasteiger partial charge in [0.2, 0.25) is 0 Å². The Morgan fingerprint density at radius 3 is 1.43 bits per heavy atom. The highest BCUT2D eigenvalue weighted by Gasteiger charge is 2.31. The van der Waals surface area contributed by atoms with Gasteiger partial charge in [-0.25, -0.2) is 29.1 Å². The number of nitriles is 1. The number of hydrogen-bond acceptors (Lipinski definition) is 17. The number of nitrogens with zero attached hydrogens (tertiary/aromatic N) is 9. The third kappa shape index (κ3) is 15.4. The second-order valence-corrected chi connectivity index (χ2v) is 22.4. The van der Waals surface area contributed by atoms with Crippen LogP contribution in [-0.2, 0) is 18.9 Å². The summed E-state index contributed by atoms with van der Waals surface area (Å²) >= 11 is 2.48. The average molecular weight is 1000 g/mol. The van der Waals surface area contributed by atoms with Crippen molar-refractivity contribution in [1.82, 2.24) is 39.8 Å². The van der Waals surface area contributed by atoms with E-state index in [1.165, 1.54) is 10.7 Å². The third-order valence-corrected chi connectivity index (χ3v) is 11.3. The van der Waals surface area contributed by atoms with Gasteiger partial charge in [-0.05, 0) is 120 Å². The van der Waals surface area contributed by atoms with E-state index in [0.717, 1.165) is 28.0 Å². The van der Waals surface area contributed by atoms with Crippen molar-refractivity contribution in [2.24, 2.45) is 0 Å². The maximum atomic E-state index is 12.6. The molecule has 1 aromatic carbocycles. The summed E-state index contributed by atoms with van der Waals surface area (Å²) in [6.07, 6.45) is 2.60. The topological polar surface area (TPSA) is 244 Å². The van der Waals surface area contributed by atoms with Gasteiger partial charge < -0.3 is 39.4 Å². The molecule has 4 amide bonds. The highest BCUT2D eigenvalue weighted by molar-refractivity contribution is 8.04. The Hall–Kier alpha value is -6.67. The minimum absolute atomic E-state index is 0.0850. The Kier molecular flexibility index (Phi) is 16.2. The summed E-state index contributed by atoms with van der Waals surface area (Å²) < 4.78 is 24.6. The molecule has 0 spiro atoms. The number of benzene rings is 1. The molecule has 70 heavy (non-hydrogen) atoms. The van der Waals surface area contributed by atoms with Crippen LogP contribution in [0.5, 0.6) is 0 Å². The second kappa shape index (κ2) is 21.5. The lowest BCUT2D eigenvalue weighted by Gasteiger charge is -2.23. The molecule has 2 atom stereocenters. The fourth-order valence-electron chi connectivity index (χ4n) is 7.11. The molecule has 0 unspecified atom stereocenters. The number of hydrogen-bond donors (Lipinski definition) is 4. The van der Waals surface area contributed by atoms with E-state index in [2.05, 4.69) is 41.3 Å². The van der Waals surface area contributed by atoms with Crippen LogP contribution in [0.15, 0.2) is 69.5 Å². The fourth-order valence-corrected chi connectivity index (χ4v) is 8.40. The lowest BCUT2D eigenvalue weighted by atomic mass is 10.2. The molecule has 21 nitrogen and oxygen atoms in total. The fraction of sp³-hybridized carbons (Fsp3) is 0.511. The normalized spacial score (nSPS) is 16.2. The molecular formula is C47H63N13O8S2. The molecule has 4 N–H and O–H groups in total. The summed E-state index contributed by atoms with van der Waals surface area (Å²) in [5, 5.41) is 31.3. The first-order chi connectivity index (χ1) is 32.7. The molecule has 2 aliphatic heterocycles. The van der Waals surface area contributed by atoms with Crippen molar-refractivity contribution in [3.8, 4) is 5.40 Å². The number of alkyl carbamates (subject to hydrolysis) is 2. The molecule has 6 heterocycles. The number of aromatic nitrogens is 6. The molecule has 4 aromatic heterocycles. The minimum Gasteiger partial charge on any atom is -0.444 e. The molecule has 0 aliphatic carbocycles. The SMILES string of the molecule is CC(C)(C)OC(=O)Nc1cc(N2CC[C@H](NC(=O)OC(C)(C)C)C2)nc2c(SC#N)cnn12.CC(C)(C)OC(=O)Nc1cc(N2CC[C@H](NC(=O)OC(C)(C)C)C2)nc2c(Sc3ccccc3)cnn12. The number of thioether (sulfide) groups is 1. The number of amides is 4. The molecule has 2 aliphatic rings. The van der Waals surface area contributed by atoms with Crippen molar-refractivity contribution >= 4 is 82.5 Å². The van der Waals surface area contributed by atoms with Crippen LogP contribution in [0.3, 0.4) is 0 Å². The summed E-state index contributed by atoms with van der Waals surface area (Å²) in [7, 11) is 0. The van der Waals surface area contributed by atoms with Crippen LogP contribution < -0.4 is 31.1 Å². The molecular weight excluding hydrogens is 939 g/mol. The van der Waals surface area contributed by atoms with Crippen LogP contribution in [0.1, 0.15) is 95.9 Å². The predicted molar refractivity (Wildman–Crippen MR) is 268 cm³/mol. The molecule has 7 rings (SSSR count). The van der Waals surface area contributed by atoms with Crippen molar-refractivity contribution in [2.45, 2.75) is 145 Å². The van der Waals surface area contributed by atoms with Crippen LogP contribution in [-0.4, -0.2) is 114 Å². The van der Waals surface area contributed by atoms with Crippen molar-refractivity contribution in [3.63, 3.8) is 0 Å². The summed E-state index contributed by atoms with van der Waals surface area (Å²) in [6, 6.07) is 13.2. The summed E-state index contributed by atoms with van der Waals surface area (Å²) in [6.45, 7) is 24.1. The van der Waals surface area contributed by atoms with Gasteiger partial charge in [-0.2, -0.15) is 24.5 Å². The molecule has 2 saturated heterocycles. The van der Waals surface area contributed by atoms with Gasteiger partial charge in [0.1, 0.15) is 51.1 Å². The number of nitrogens with one attached hydrogen (secondary N) is 4. The van der Waals surface area contributed by atoms with Crippen LogP contribution in [0.25, 0.3) is 11.3 Å². The molecule has 0 saturated carbocycles. The van der Waals surface area contributed by atoms with Crippen molar-refractivity contribution in [1.29, 1.82) is 5.26 Å². The van der Waals surface area contributed by atoms with Gasteiger partial charge in [-0.15, -0.1) is 0 Å². The van der Waals surface area contributed by atoms with E-state index in [1.54, 1.807) is 55.4 Å². The predicted octanol–water partition coefficient (Wildman–Crippen LogP) is 9.08. The third-order valence-electron chi connectivity index (χ3n) is 9.70. The number of carbonyl (C=O) groups excluding carboxylic acids is 4. The molecule has 5 aromatic rings. The van der Waals surface area contributed by atoms with E-state index >= 15 is 0 Å². The van der Waals surface area contributed by atoms with Crippen molar-refractivity contribution < 1.29 is 38.1 Å². The molecule has 376 valence electrons. The monoisotopic (exact) mass is 1000 g/mol. The van der Waals surface area contributed by atoms with Crippen molar-refractivity contribution in [3.05, 3.63) is 54.9 Å². The lowest BCUT2D eigenvalue weighted by molar-refractivity contribution is 0.0497. The lowest BCUT2D eigenvalue weighted by Crippen LogP contribution is -2.40. The van der Waals surface area contributed by atoms with E-state index in [4.69, 9.17) is 29.2 Å². The minimum atomic E-state index is -0.666. The van der Waals surface area contributed by atoms with Gasteiger partial charge in [0.15, 0.2) is 11.3 Å². The molecule has 0 bridgehead atoms. The smallest absolute Gasteiger partial charge is 0.413 e. The van der Waals surface area contributed by atoms with Gasteiger partial charge >= 0.3 is 24.4 Å². The van der Waals surface area contributed by atoms with E-state index in [9.17, 15) is 19.2 Å². The number of thiocyanates is 1. The van der Waals surface area contributed by atoms with E-state index < -0.39 is 46.8 Å². The Labute approximate surface area is 416 Å². The van der Waals surface area contributed by atoms with Crippen LogP contribution in [0.2, 0.25) is 0 Å². The highest BCUT2D eigenvalue weighted by Crippen LogP contribution is 2.34. The Morgan fingerprint density at radius 1 is 0.614 bits per heavy atom. The Morgan fingerprint density at radius 2 is 1.01 bits per heavy atom. The standard InChI is InChI=1S/C26H34N6O4S.C21H29N7O4S/c1-25(2,3)35-23(33)28-17-12-13-31(16-17)20-14-21(30-24(34)36-26(4,5)6)32-22(29-20)19(15-27-32)37-18-10-8-7-9-11-18;1-20(2,3)31-18(29)24-13-7-8-27(11-13)15-9-16(26-19(30)32-21(4,5)6)28-17(25-15)14(10-23-28)33-12-22/h7-11,14-15,17H,12-13,16H2,1-6H3,(H,28,33)(H,30,34);9-10,13H,7-8,11H2,1-6H3,(H,24,29)(H,26,30)/t17-;13-/m00/s1. The number of rotatable bonds is 9. The number of fused-ring (bicyclic) bond motifs is 2. The average Bonchev–Trinajstić information content (AvgIpc) is 4.04. The zero-order valence-corrected chi connectivity index (χ0v) is 43.3. The van der Waals surface area contributed by atoms with Crippen LogP contribution >= 0.6 is 23.5 Å². The summed E-state index contributed by atoms with van der Waals surface area (Å²) in [5.41, 5.74) is -1.40. The zero-order chi connectivity index (χ0) is 51.2. The largest absolute Gasteiger partial charge is 0.444 e. The maximum Gasteiger partial charge on any atom is 0.413 e. The first kappa shape index (κ1) is 52.7. The van der Waals surface area contributed by atoms with Gasteiger partial charge in [-0.3, -0.25) is 10.6 Å². The van der Waals surface area contributed by atoms with Gasteiger partial charge in [0, 0.05) is 43.2 Å². The van der Waals surface area contributed by atoms with Crippen LogP contribution in [0.4, 0.5) is 42.4 Å². The first-order valence-electron chi connectivity index (χ1n) is 22.8. The Balaban J connectivity index is 0.000000231. The number of anilines is 4. The highest BCUT2D eigenvalue weighted by atomic mass is 32.2. The Bertz CT molecular complexity index is 2720. The molecule has 0 radical (unpaired) electrons. The van der Waals surface area contributed by atoms with E-state index in [1.807, 2.05) is 103 Å².